The lowest BCUT2D eigenvalue weighted by atomic mass is 9.60. The van der Waals surface area contributed by atoms with Crippen LogP contribution < -0.4 is 0 Å². The van der Waals surface area contributed by atoms with Crippen LogP contribution in [0.25, 0.3) is 0 Å². The molecule has 0 aromatic heterocycles. The highest BCUT2D eigenvalue weighted by molar-refractivity contribution is 6.74. The van der Waals surface area contributed by atoms with Gasteiger partial charge in [-0.15, -0.1) is 0 Å². The van der Waals surface area contributed by atoms with E-state index in [1.165, 1.54) is 38.5 Å². The average Bonchev–Trinajstić information content (AvgIpc) is 3.10. The fourth-order valence-electron chi connectivity index (χ4n) is 7.42. The van der Waals surface area contributed by atoms with E-state index in [2.05, 4.69) is 59.9 Å². The highest BCUT2D eigenvalue weighted by atomic mass is 28.4. The summed E-state index contributed by atoms with van der Waals surface area (Å²) in [6, 6.07) is 0. The van der Waals surface area contributed by atoms with Gasteiger partial charge in [-0.3, -0.25) is 0 Å². The monoisotopic (exact) mass is 534 g/mol. The largest absolute Gasteiger partial charge is 0.409 e. The van der Waals surface area contributed by atoms with Gasteiger partial charge in [0, 0.05) is 0 Å². The normalized spacial score (nSPS) is 35.5. The second-order valence-corrected chi connectivity index (χ2v) is 20.0. The van der Waals surface area contributed by atoms with E-state index >= 15 is 0 Å². The van der Waals surface area contributed by atoms with Crippen molar-refractivity contribution in [3.8, 4) is 0 Å². The smallest absolute Gasteiger partial charge is 0.192 e. The van der Waals surface area contributed by atoms with Crippen molar-refractivity contribution in [2.75, 3.05) is 0 Å². The Morgan fingerprint density at radius 3 is 2.24 bits per heavy atom. The molecule has 5 heteroatoms. The lowest BCUT2D eigenvalue weighted by Gasteiger charge is -2.44. The molecule has 3 aliphatic carbocycles. The van der Waals surface area contributed by atoms with E-state index in [-0.39, 0.29) is 5.04 Å². The van der Waals surface area contributed by atoms with Gasteiger partial charge in [0.25, 0.3) is 0 Å². The van der Waals surface area contributed by atoms with Gasteiger partial charge in [0.05, 0.1) is 23.9 Å². The Balaban J connectivity index is 1.66. The number of rotatable bonds is 8. The average molecular weight is 535 g/mol. The molecule has 4 nitrogen and oxygen atoms in total. The van der Waals surface area contributed by atoms with Crippen LogP contribution in [0.15, 0.2) is 23.3 Å². The number of aliphatic hydroxyl groups excluding tert-OH is 2. The Hall–Kier alpha value is -0.463. The van der Waals surface area contributed by atoms with Crippen molar-refractivity contribution in [3.05, 3.63) is 23.3 Å². The highest BCUT2D eigenvalue weighted by Gasteiger charge is 2.50. The second kappa shape index (κ2) is 11.6. The lowest BCUT2D eigenvalue weighted by molar-refractivity contribution is -0.0636. The highest BCUT2D eigenvalue weighted by Crippen LogP contribution is 2.60. The summed E-state index contributed by atoms with van der Waals surface area (Å²) in [6.45, 7) is 19.8. The maximum atomic E-state index is 10.9. The number of hydrogen-bond acceptors (Lipinski definition) is 4. The van der Waals surface area contributed by atoms with Gasteiger partial charge >= 0.3 is 0 Å². The van der Waals surface area contributed by atoms with Crippen LogP contribution >= 0.6 is 0 Å². The Bertz CT molecular complexity index is 819. The predicted octanol–water partition coefficient (Wildman–Crippen LogP) is 7.54. The number of aliphatic hydroxyl groups is 3. The van der Waals surface area contributed by atoms with Crippen molar-refractivity contribution in [3.63, 3.8) is 0 Å². The molecule has 0 amide bonds. The standard InChI is InChI=1S/C32H58O4Si/c1-22(12-10-18-31(5,6)35)25-16-17-26-24(13-11-19-32(25,26)7)15-14-23-20-27(33)29(28(34)21-23)36-37(8,9)30(2,3)4/h14-15,22,25-29,33-35H,10-13,16-21H2,1-9H3/b23-14?,24-15+/t22-,25-,26+,27-,28-,29?,32-/m1/s1. The van der Waals surface area contributed by atoms with Crippen LogP contribution in [0.2, 0.25) is 18.1 Å². The zero-order valence-corrected chi connectivity index (χ0v) is 26.4. The molecule has 3 N–H and O–H groups in total. The first-order valence-electron chi connectivity index (χ1n) is 15.1. The molecular weight excluding hydrogens is 476 g/mol. The fourth-order valence-corrected chi connectivity index (χ4v) is 8.76. The summed E-state index contributed by atoms with van der Waals surface area (Å²) in [5, 5.41) is 32.1. The Morgan fingerprint density at radius 2 is 1.68 bits per heavy atom. The van der Waals surface area contributed by atoms with E-state index in [0.29, 0.717) is 30.1 Å². The quantitative estimate of drug-likeness (QED) is 0.281. The summed E-state index contributed by atoms with van der Waals surface area (Å²) >= 11 is 0. The molecule has 3 aliphatic rings. The van der Waals surface area contributed by atoms with Crippen LogP contribution in [0.3, 0.4) is 0 Å². The molecule has 0 saturated heterocycles. The molecule has 37 heavy (non-hydrogen) atoms. The van der Waals surface area contributed by atoms with Gasteiger partial charge in [0.1, 0.15) is 0 Å². The van der Waals surface area contributed by atoms with Crippen molar-refractivity contribution in [2.24, 2.45) is 23.2 Å². The topological polar surface area (TPSA) is 69.9 Å². The minimum absolute atomic E-state index is 0.0483. The summed E-state index contributed by atoms with van der Waals surface area (Å²) in [7, 11) is -2.06. The van der Waals surface area contributed by atoms with Crippen molar-refractivity contribution >= 4 is 8.32 Å². The Morgan fingerprint density at radius 1 is 1.05 bits per heavy atom. The van der Waals surface area contributed by atoms with Crippen molar-refractivity contribution < 1.29 is 19.7 Å². The third kappa shape index (κ3) is 7.39. The first-order valence-corrected chi connectivity index (χ1v) is 18.0. The van der Waals surface area contributed by atoms with Gasteiger partial charge in [-0.2, -0.15) is 0 Å². The zero-order valence-electron chi connectivity index (χ0n) is 25.4. The van der Waals surface area contributed by atoms with Crippen molar-refractivity contribution in [2.45, 2.75) is 155 Å². The molecule has 0 aromatic rings. The van der Waals surface area contributed by atoms with Crippen LogP contribution in [0.5, 0.6) is 0 Å². The SMILES string of the molecule is C[C@H](CCCC(C)(C)O)[C@H]1CC[C@H]2/C(=C/C=C3C[C@@H](O)C(O[Si](C)(C)C(C)(C)C)[C@H](O)C3)CCC[C@]12C. The molecule has 0 heterocycles. The van der Waals surface area contributed by atoms with Gasteiger partial charge in [-0.25, -0.2) is 0 Å². The predicted molar refractivity (Wildman–Crippen MR) is 157 cm³/mol. The molecule has 6 atom stereocenters. The molecule has 0 radical (unpaired) electrons. The van der Waals surface area contributed by atoms with Gasteiger partial charge in [0.2, 0.25) is 0 Å². The van der Waals surface area contributed by atoms with Gasteiger partial charge in [-0.05, 0) is 107 Å². The minimum Gasteiger partial charge on any atom is -0.409 e. The Labute approximate surface area is 229 Å². The van der Waals surface area contributed by atoms with E-state index < -0.39 is 32.2 Å². The van der Waals surface area contributed by atoms with Crippen molar-refractivity contribution in [1.82, 2.24) is 0 Å². The van der Waals surface area contributed by atoms with Crippen LogP contribution in [0, 0.1) is 23.2 Å². The van der Waals surface area contributed by atoms with Gasteiger partial charge in [-0.1, -0.05) is 70.8 Å². The summed E-state index contributed by atoms with van der Waals surface area (Å²) in [5.74, 6) is 2.09. The zero-order chi connectivity index (χ0) is 27.8. The van der Waals surface area contributed by atoms with Crippen LogP contribution in [-0.2, 0) is 4.43 Å². The third-order valence-electron chi connectivity index (χ3n) is 10.6. The molecule has 3 fully saturated rings. The molecule has 214 valence electrons. The Kier molecular flexibility index (Phi) is 9.71. The first-order chi connectivity index (χ1) is 16.9. The molecule has 0 unspecified atom stereocenters. The van der Waals surface area contributed by atoms with E-state index in [4.69, 9.17) is 4.43 Å². The first kappa shape index (κ1) is 31.1. The number of hydrogen-bond donors (Lipinski definition) is 3. The summed E-state index contributed by atoms with van der Waals surface area (Å²) in [6.07, 6.45) is 13.5. The number of allylic oxidation sites excluding steroid dienone is 3. The van der Waals surface area contributed by atoms with Crippen LogP contribution in [0.1, 0.15) is 113 Å². The molecule has 3 rings (SSSR count). The fraction of sp³-hybridized carbons (Fsp3) is 0.875. The molecule has 3 saturated carbocycles. The van der Waals surface area contributed by atoms with Gasteiger partial charge < -0.3 is 19.7 Å². The number of fused-ring (bicyclic) bond motifs is 1. The van der Waals surface area contributed by atoms with Gasteiger partial charge in [0.15, 0.2) is 8.32 Å². The maximum Gasteiger partial charge on any atom is 0.192 e. The summed E-state index contributed by atoms with van der Waals surface area (Å²) in [4.78, 5) is 0. The summed E-state index contributed by atoms with van der Waals surface area (Å²) in [5.41, 5.74) is 2.53. The molecule has 0 spiro atoms. The van der Waals surface area contributed by atoms with E-state index in [1.807, 2.05) is 13.8 Å². The van der Waals surface area contributed by atoms with Crippen molar-refractivity contribution in [1.29, 1.82) is 0 Å². The molecule has 0 aromatic carbocycles. The third-order valence-corrected chi connectivity index (χ3v) is 15.1. The van der Waals surface area contributed by atoms with E-state index in [0.717, 1.165) is 24.3 Å². The lowest BCUT2D eigenvalue weighted by Crippen LogP contribution is -2.53. The molecular formula is C32H58O4Si. The van der Waals surface area contributed by atoms with E-state index in [9.17, 15) is 15.3 Å². The maximum absolute atomic E-state index is 10.9. The molecule has 0 bridgehead atoms. The van der Waals surface area contributed by atoms with Crippen LogP contribution in [-0.4, -0.2) is 47.5 Å². The minimum atomic E-state index is -2.06. The second-order valence-electron chi connectivity index (χ2n) is 15.2. The summed E-state index contributed by atoms with van der Waals surface area (Å²) < 4.78 is 6.44. The van der Waals surface area contributed by atoms with E-state index in [1.54, 1.807) is 5.57 Å². The molecule has 0 aliphatic heterocycles. The van der Waals surface area contributed by atoms with Crippen LogP contribution in [0.4, 0.5) is 0 Å².